The van der Waals surface area contributed by atoms with Crippen LogP contribution in [-0.4, -0.2) is 58.9 Å². The molecule has 1 fully saturated rings. The van der Waals surface area contributed by atoms with Crippen LogP contribution in [-0.2, 0) is 6.54 Å². The molecule has 1 N–H and O–H groups in total. The third-order valence-electron chi connectivity index (χ3n) is 6.55. The first-order chi connectivity index (χ1) is 17.9. The largest absolute Gasteiger partial charge is 0.350 e. The van der Waals surface area contributed by atoms with Crippen molar-refractivity contribution in [1.82, 2.24) is 19.7 Å². The van der Waals surface area contributed by atoms with Crippen LogP contribution in [0.5, 0.6) is 0 Å². The van der Waals surface area contributed by atoms with Crippen molar-refractivity contribution in [3.8, 4) is 0 Å². The normalized spacial score (nSPS) is 14.3. The Bertz CT molecular complexity index is 1290. The number of carbonyl (C=O) groups excluding carboxylic acids is 2. The highest BCUT2D eigenvalue weighted by Crippen LogP contribution is 2.12. The van der Waals surface area contributed by atoms with Crippen LogP contribution >= 0.6 is 0 Å². The second kappa shape index (κ2) is 12.3. The molecule has 0 unspecified atom stereocenters. The van der Waals surface area contributed by atoms with Crippen LogP contribution in [0.2, 0.25) is 0 Å². The lowest BCUT2D eigenvalue weighted by atomic mass is 10.1. The van der Waals surface area contributed by atoms with Gasteiger partial charge in [-0.2, -0.15) is 0 Å². The number of aromatic nitrogens is 1. The van der Waals surface area contributed by atoms with E-state index in [1.807, 2.05) is 62.4 Å². The molecule has 2 amide bonds. The van der Waals surface area contributed by atoms with E-state index in [1.54, 1.807) is 21.9 Å². The maximum atomic E-state index is 13.4. The zero-order chi connectivity index (χ0) is 26.2. The van der Waals surface area contributed by atoms with Crippen LogP contribution in [0, 0.1) is 0 Å². The molecule has 1 aliphatic rings. The number of amides is 2. The predicted octanol–water partition coefficient (Wildman–Crippen LogP) is 3.83. The van der Waals surface area contributed by atoms with E-state index in [9.17, 15) is 14.4 Å². The average Bonchev–Trinajstić information content (AvgIpc) is 2.93. The number of hydrogen-bond acceptors (Lipinski definition) is 4. The zero-order valence-electron chi connectivity index (χ0n) is 21.5. The summed E-state index contributed by atoms with van der Waals surface area (Å²) in [5.41, 5.74) is 1.59. The van der Waals surface area contributed by atoms with Crippen LogP contribution < -0.4 is 10.7 Å². The fourth-order valence-electron chi connectivity index (χ4n) is 4.29. The van der Waals surface area contributed by atoms with Crippen LogP contribution in [0.4, 0.5) is 0 Å². The van der Waals surface area contributed by atoms with E-state index in [2.05, 4.69) is 34.5 Å². The molecular weight excluding hydrogens is 464 g/mol. The molecule has 0 bridgehead atoms. The molecule has 0 spiro atoms. The topological polar surface area (TPSA) is 74.6 Å². The third-order valence-corrected chi connectivity index (χ3v) is 6.55. The van der Waals surface area contributed by atoms with Crippen molar-refractivity contribution in [3.05, 3.63) is 112 Å². The molecule has 0 aliphatic carbocycles. The first-order valence-electron chi connectivity index (χ1n) is 12.7. The predicted molar refractivity (Wildman–Crippen MR) is 147 cm³/mol. The van der Waals surface area contributed by atoms with Gasteiger partial charge in [0.1, 0.15) is 11.1 Å². The Balaban J connectivity index is 1.43. The van der Waals surface area contributed by atoms with E-state index in [1.165, 1.54) is 0 Å². The van der Waals surface area contributed by atoms with Crippen molar-refractivity contribution in [3.63, 3.8) is 0 Å². The highest BCUT2D eigenvalue weighted by Gasteiger charge is 2.26. The summed E-state index contributed by atoms with van der Waals surface area (Å²) in [5, 5.41) is 2.81. The molecule has 4 rings (SSSR count). The Kier molecular flexibility index (Phi) is 8.69. The Morgan fingerprint density at radius 3 is 2.16 bits per heavy atom. The van der Waals surface area contributed by atoms with Crippen LogP contribution in [0.1, 0.15) is 51.7 Å². The lowest BCUT2D eigenvalue weighted by Gasteiger charge is -2.34. The second-order valence-corrected chi connectivity index (χ2v) is 9.53. The van der Waals surface area contributed by atoms with Crippen molar-refractivity contribution in [2.75, 3.05) is 32.7 Å². The van der Waals surface area contributed by atoms with Gasteiger partial charge in [-0.3, -0.25) is 19.3 Å². The quantitative estimate of drug-likeness (QED) is 0.512. The minimum atomic E-state index is -0.527. The van der Waals surface area contributed by atoms with Crippen molar-refractivity contribution in [1.29, 1.82) is 0 Å². The van der Waals surface area contributed by atoms with Crippen molar-refractivity contribution >= 4 is 17.9 Å². The van der Waals surface area contributed by atoms with Crippen LogP contribution in [0.3, 0.4) is 0 Å². The smallest absolute Gasteiger partial charge is 0.259 e. The van der Waals surface area contributed by atoms with E-state index in [0.717, 1.165) is 30.8 Å². The fraction of sp³-hybridized carbons (Fsp3) is 0.300. The van der Waals surface area contributed by atoms with Gasteiger partial charge in [-0.05, 0) is 25.0 Å². The zero-order valence-corrected chi connectivity index (χ0v) is 21.5. The van der Waals surface area contributed by atoms with Gasteiger partial charge in [0, 0.05) is 57.7 Å². The van der Waals surface area contributed by atoms with Gasteiger partial charge in [0.15, 0.2) is 0 Å². The van der Waals surface area contributed by atoms with Gasteiger partial charge in [0.2, 0.25) is 5.43 Å². The van der Waals surface area contributed by atoms with Crippen molar-refractivity contribution < 1.29 is 9.59 Å². The SMILES string of the molecule is CC(C)n1cc(C(=O)NCc2ccccc2)c(=O)c(C(=O)N2CCN(C/C=C/c3ccccc3)CC2)c1. The Labute approximate surface area is 218 Å². The molecule has 0 radical (unpaired) electrons. The molecule has 192 valence electrons. The molecule has 7 nitrogen and oxygen atoms in total. The number of hydrogen-bond donors (Lipinski definition) is 1. The molecule has 3 aromatic rings. The maximum Gasteiger partial charge on any atom is 0.259 e. The van der Waals surface area contributed by atoms with Gasteiger partial charge < -0.3 is 14.8 Å². The number of carbonyl (C=O) groups is 2. The molecule has 1 saturated heterocycles. The van der Waals surface area contributed by atoms with Gasteiger partial charge in [0.05, 0.1) is 0 Å². The summed E-state index contributed by atoms with van der Waals surface area (Å²) >= 11 is 0. The number of pyridine rings is 1. The monoisotopic (exact) mass is 498 g/mol. The first kappa shape index (κ1) is 26.1. The third kappa shape index (κ3) is 6.83. The molecule has 0 atom stereocenters. The molecule has 7 heteroatoms. The number of nitrogens with one attached hydrogen (secondary N) is 1. The van der Waals surface area contributed by atoms with Gasteiger partial charge in [-0.25, -0.2) is 0 Å². The van der Waals surface area contributed by atoms with E-state index < -0.39 is 11.3 Å². The van der Waals surface area contributed by atoms with Crippen LogP contribution in [0.15, 0.2) is 83.9 Å². The number of rotatable bonds is 8. The Hall–Kier alpha value is -3.97. The number of nitrogens with zero attached hydrogens (tertiary/aromatic N) is 3. The molecule has 1 aromatic heterocycles. The minimum absolute atomic E-state index is 0.0129. The van der Waals surface area contributed by atoms with Gasteiger partial charge >= 0.3 is 0 Å². The summed E-state index contributed by atoms with van der Waals surface area (Å²) in [7, 11) is 0. The summed E-state index contributed by atoms with van der Waals surface area (Å²) in [4.78, 5) is 43.6. The highest BCUT2D eigenvalue weighted by molar-refractivity contribution is 5.99. The first-order valence-corrected chi connectivity index (χ1v) is 12.7. The summed E-state index contributed by atoms with van der Waals surface area (Å²) in [6.07, 6.45) is 7.35. The van der Waals surface area contributed by atoms with Gasteiger partial charge in [0.25, 0.3) is 11.8 Å². The molecular formula is C30H34N4O3. The molecule has 37 heavy (non-hydrogen) atoms. The van der Waals surface area contributed by atoms with Crippen molar-refractivity contribution in [2.45, 2.75) is 26.4 Å². The molecule has 2 heterocycles. The Morgan fingerprint density at radius 2 is 1.51 bits per heavy atom. The lowest BCUT2D eigenvalue weighted by molar-refractivity contribution is 0.0648. The average molecular weight is 499 g/mol. The lowest BCUT2D eigenvalue weighted by Crippen LogP contribution is -2.49. The molecule has 1 aliphatic heterocycles. The molecule has 2 aromatic carbocycles. The van der Waals surface area contributed by atoms with E-state index in [-0.39, 0.29) is 23.1 Å². The summed E-state index contributed by atoms with van der Waals surface area (Å²) < 4.78 is 1.76. The maximum absolute atomic E-state index is 13.4. The standard InChI is InChI=1S/C30H34N4O3/c1-23(2)34-21-26(29(36)31-20-25-12-7-4-8-13-25)28(35)27(22-34)30(37)33-18-16-32(17-19-33)15-9-14-24-10-5-3-6-11-24/h3-14,21-23H,15-20H2,1-2H3,(H,31,36)/b14-9+. The van der Waals surface area contributed by atoms with Gasteiger partial charge in [-0.1, -0.05) is 72.8 Å². The summed E-state index contributed by atoms with van der Waals surface area (Å²) in [6.45, 7) is 7.51. The van der Waals surface area contributed by atoms with E-state index in [4.69, 9.17) is 0 Å². The fourth-order valence-corrected chi connectivity index (χ4v) is 4.29. The number of benzene rings is 2. The minimum Gasteiger partial charge on any atom is -0.350 e. The Morgan fingerprint density at radius 1 is 0.892 bits per heavy atom. The summed E-state index contributed by atoms with van der Waals surface area (Å²) in [6, 6.07) is 19.6. The van der Waals surface area contributed by atoms with Crippen LogP contribution in [0.25, 0.3) is 6.08 Å². The van der Waals surface area contributed by atoms with Crippen molar-refractivity contribution in [2.24, 2.45) is 0 Å². The van der Waals surface area contributed by atoms with E-state index in [0.29, 0.717) is 19.6 Å². The highest BCUT2D eigenvalue weighted by atomic mass is 16.2. The number of piperazine rings is 1. The molecule has 0 saturated carbocycles. The summed E-state index contributed by atoms with van der Waals surface area (Å²) in [5.74, 6) is -0.801. The second-order valence-electron chi connectivity index (χ2n) is 9.53. The van der Waals surface area contributed by atoms with E-state index >= 15 is 0 Å². The van der Waals surface area contributed by atoms with Gasteiger partial charge in [-0.15, -0.1) is 0 Å².